The third-order valence-electron chi connectivity index (χ3n) is 4.22. The van der Waals surface area contributed by atoms with Crippen LogP contribution in [-0.2, 0) is 10.3 Å². The molecular weight excluding hydrogens is 250 g/mol. The molecule has 0 saturated heterocycles. The second-order valence-electron chi connectivity index (χ2n) is 5.99. The molecule has 20 heavy (non-hydrogen) atoms. The molecule has 1 aromatic carbocycles. The van der Waals surface area contributed by atoms with Gasteiger partial charge in [-0.05, 0) is 51.7 Å². The molecule has 0 radical (unpaired) electrons. The van der Waals surface area contributed by atoms with Gasteiger partial charge in [0.15, 0.2) is 0 Å². The van der Waals surface area contributed by atoms with Gasteiger partial charge in [-0.15, -0.1) is 0 Å². The fourth-order valence-electron chi connectivity index (χ4n) is 3.03. The molecule has 0 unspecified atom stereocenters. The molecule has 1 saturated carbocycles. The minimum atomic E-state index is -0.426. The SMILES string of the molecule is Cc1ccc(C2(N=C=O)CCCC2)c(OC(C)C)c1C. The fraction of sp³-hybridized carbons (Fsp3) is 0.588. The van der Waals surface area contributed by atoms with Crippen LogP contribution in [0.25, 0.3) is 0 Å². The Balaban J connectivity index is 2.60. The Morgan fingerprint density at radius 1 is 1.25 bits per heavy atom. The number of aryl methyl sites for hydroxylation is 1. The monoisotopic (exact) mass is 273 g/mol. The van der Waals surface area contributed by atoms with Crippen LogP contribution in [0, 0.1) is 13.8 Å². The molecule has 0 atom stereocenters. The summed E-state index contributed by atoms with van der Waals surface area (Å²) in [6.45, 7) is 8.20. The van der Waals surface area contributed by atoms with Crippen LogP contribution in [0.15, 0.2) is 17.1 Å². The second kappa shape index (κ2) is 5.80. The molecule has 1 aliphatic rings. The van der Waals surface area contributed by atoms with E-state index in [4.69, 9.17) is 4.74 Å². The van der Waals surface area contributed by atoms with E-state index in [1.165, 1.54) is 5.56 Å². The van der Waals surface area contributed by atoms with Gasteiger partial charge in [0.25, 0.3) is 0 Å². The van der Waals surface area contributed by atoms with Crippen molar-refractivity contribution < 1.29 is 9.53 Å². The lowest BCUT2D eigenvalue weighted by Crippen LogP contribution is -2.22. The van der Waals surface area contributed by atoms with Gasteiger partial charge in [0.05, 0.1) is 6.10 Å². The molecule has 1 aliphatic carbocycles. The Kier molecular flexibility index (Phi) is 4.29. The first-order chi connectivity index (χ1) is 9.50. The van der Waals surface area contributed by atoms with Gasteiger partial charge in [0, 0.05) is 5.56 Å². The van der Waals surface area contributed by atoms with Gasteiger partial charge in [-0.2, -0.15) is 4.99 Å². The lowest BCUT2D eigenvalue weighted by atomic mass is 9.86. The second-order valence-corrected chi connectivity index (χ2v) is 5.99. The summed E-state index contributed by atoms with van der Waals surface area (Å²) in [6.07, 6.45) is 5.88. The topological polar surface area (TPSA) is 38.7 Å². The highest BCUT2D eigenvalue weighted by molar-refractivity contribution is 5.51. The summed E-state index contributed by atoms with van der Waals surface area (Å²) < 4.78 is 6.05. The smallest absolute Gasteiger partial charge is 0.235 e. The van der Waals surface area contributed by atoms with Gasteiger partial charge in [0.2, 0.25) is 6.08 Å². The summed E-state index contributed by atoms with van der Waals surface area (Å²) in [5.41, 5.74) is 2.97. The molecular formula is C17H23NO2. The average Bonchev–Trinajstić information content (AvgIpc) is 2.84. The van der Waals surface area contributed by atoms with Crippen LogP contribution in [0.1, 0.15) is 56.2 Å². The van der Waals surface area contributed by atoms with Gasteiger partial charge in [-0.25, -0.2) is 4.79 Å². The van der Waals surface area contributed by atoms with E-state index in [1.54, 1.807) is 6.08 Å². The maximum atomic E-state index is 10.9. The quantitative estimate of drug-likeness (QED) is 0.609. The van der Waals surface area contributed by atoms with E-state index in [9.17, 15) is 4.79 Å². The van der Waals surface area contributed by atoms with E-state index in [-0.39, 0.29) is 6.10 Å². The van der Waals surface area contributed by atoms with Crippen LogP contribution < -0.4 is 4.74 Å². The van der Waals surface area contributed by atoms with Crippen molar-refractivity contribution in [2.24, 2.45) is 4.99 Å². The molecule has 2 rings (SSSR count). The van der Waals surface area contributed by atoms with E-state index in [0.717, 1.165) is 42.6 Å². The first kappa shape index (κ1) is 14.8. The molecule has 0 heterocycles. The zero-order valence-corrected chi connectivity index (χ0v) is 12.8. The summed E-state index contributed by atoms with van der Waals surface area (Å²) in [4.78, 5) is 15.1. The summed E-state index contributed by atoms with van der Waals surface area (Å²) >= 11 is 0. The highest BCUT2D eigenvalue weighted by atomic mass is 16.5. The zero-order valence-electron chi connectivity index (χ0n) is 12.8. The number of nitrogens with zero attached hydrogens (tertiary/aromatic N) is 1. The Hall–Kier alpha value is -1.60. The summed E-state index contributed by atoms with van der Waals surface area (Å²) in [6, 6.07) is 4.17. The van der Waals surface area contributed by atoms with E-state index < -0.39 is 5.54 Å². The Morgan fingerprint density at radius 3 is 2.45 bits per heavy atom. The van der Waals surface area contributed by atoms with Crippen molar-refractivity contribution in [2.45, 2.75) is 65.0 Å². The van der Waals surface area contributed by atoms with Crippen LogP contribution in [0.2, 0.25) is 0 Å². The van der Waals surface area contributed by atoms with Crippen molar-refractivity contribution in [3.05, 3.63) is 28.8 Å². The number of hydrogen-bond donors (Lipinski definition) is 0. The molecule has 0 N–H and O–H groups in total. The van der Waals surface area contributed by atoms with E-state index in [1.807, 2.05) is 13.8 Å². The van der Waals surface area contributed by atoms with E-state index in [0.29, 0.717) is 0 Å². The Labute approximate surface area is 121 Å². The zero-order chi connectivity index (χ0) is 14.8. The maximum absolute atomic E-state index is 10.9. The van der Waals surface area contributed by atoms with Crippen LogP contribution in [0.5, 0.6) is 5.75 Å². The molecule has 108 valence electrons. The summed E-state index contributed by atoms with van der Waals surface area (Å²) in [5, 5.41) is 0. The molecule has 3 nitrogen and oxygen atoms in total. The van der Waals surface area contributed by atoms with Crippen LogP contribution >= 0.6 is 0 Å². The van der Waals surface area contributed by atoms with E-state index >= 15 is 0 Å². The molecule has 1 fully saturated rings. The van der Waals surface area contributed by atoms with Crippen LogP contribution in [0.4, 0.5) is 0 Å². The summed E-state index contributed by atoms with van der Waals surface area (Å²) in [5.74, 6) is 0.904. The number of carbonyl (C=O) groups excluding carboxylic acids is 1. The molecule has 1 aromatic rings. The number of rotatable bonds is 4. The van der Waals surface area contributed by atoms with E-state index in [2.05, 4.69) is 31.0 Å². The lowest BCUT2D eigenvalue weighted by Gasteiger charge is -2.28. The van der Waals surface area contributed by atoms with Gasteiger partial charge in [-0.3, -0.25) is 0 Å². The number of hydrogen-bond acceptors (Lipinski definition) is 3. The molecule has 0 spiro atoms. The van der Waals surface area contributed by atoms with Gasteiger partial charge < -0.3 is 4.74 Å². The Bertz CT molecular complexity index is 536. The van der Waals surface area contributed by atoms with Crippen LogP contribution in [0.3, 0.4) is 0 Å². The summed E-state index contributed by atoms with van der Waals surface area (Å²) in [7, 11) is 0. The van der Waals surface area contributed by atoms with Crippen molar-refractivity contribution in [3.63, 3.8) is 0 Å². The number of benzene rings is 1. The van der Waals surface area contributed by atoms with Crippen molar-refractivity contribution in [3.8, 4) is 5.75 Å². The number of aliphatic imine (C=N–C) groups is 1. The van der Waals surface area contributed by atoms with Gasteiger partial charge >= 0.3 is 0 Å². The van der Waals surface area contributed by atoms with Crippen LogP contribution in [-0.4, -0.2) is 12.2 Å². The lowest BCUT2D eigenvalue weighted by molar-refractivity contribution is 0.232. The van der Waals surface area contributed by atoms with Crippen molar-refractivity contribution in [1.29, 1.82) is 0 Å². The first-order valence-electron chi connectivity index (χ1n) is 7.36. The molecule has 0 aliphatic heterocycles. The third kappa shape index (κ3) is 2.64. The Morgan fingerprint density at radius 2 is 1.90 bits per heavy atom. The first-order valence-corrected chi connectivity index (χ1v) is 7.36. The van der Waals surface area contributed by atoms with Gasteiger partial charge in [0.1, 0.15) is 11.3 Å². The fourth-order valence-corrected chi connectivity index (χ4v) is 3.03. The molecule has 0 aromatic heterocycles. The predicted molar refractivity (Wildman–Crippen MR) is 79.9 cm³/mol. The largest absolute Gasteiger partial charge is 0.490 e. The molecule has 3 heteroatoms. The average molecular weight is 273 g/mol. The number of isocyanates is 1. The van der Waals surface area contributed by atoms with Crippen molar-refractivity contribution in [1.82, 2.24) is 0 Å². The predicted octanol–water partition coefficient (Wildman–Crippen LogP) is 4.20. The molecule has 0 amide bonds. The standard InChI is InChI=1S/C17H23NO2/c1-12(2)20-16-14(4)13(3)7-8-15(16)17(18-11-19)9-5-6-10-17/h7-8,12H,5-6,9-10H2,1-4H3. The minimum Gasteiger partial charge on any atom is -0.490 e. The van der Waals surface area contributed by atoms with Gasteiger partial charge in [-0.1, -0.05) is 25.0 Å². The normalized spacial score (nSPS) is 17.1. The highest BCUT2D eigenvalue weighted by Gasteiger charge is 2.38. The number of ether oxygens (including phenoxy) is 1. The third-order valence-corrected chi connectivity index (χ3v) is 4.22. The minimum absolute atomic E-state index is 0.105. The van der Waals surface area contributed by atoms with Crippen molar-refractivity contribution >= 4 is 6.08 Å². The maximum Gasteiger partial charge on any atom is 0.235 e. The molecule has 0 bridgehead atoms. The highest BCUT2D eigenvalue weighted by Crippen LogP contribution is 2.47. The van der Waals surface area contributed by atoms with Crippen molar-refractivity contribution in [2.75, 3.05) is 0 Å².